The van der Waals surface area contributed by atoms with Gasteiger partial charge >= 0.3 is 0 Å². The minimum atomic E-state index is 0.0389. The summed E-state index contributed by atoms with van der Waals surface area (Å²) >= 11 is 6.82. The second kappa shape index (κ2) is 5.56. The fourth-order valence-electron chi connectivity index (χ4n) is 2.60. The number of thiophene rings is 1. The summed E-state index contributed by atoms with van der Waals surface area (Å²) in [5.41, 5.74) is 0.0389. The average molecular weight is 295 g/mol. The molecule has 3 rings (SSSR count). The van der Waals surface area contributed by atoms with Crippen LogP contribution in [0.3, 0.4) is 0 Å². The maximum Gasteiger partial charge on any atom is 0.263 e. The summed E-state index contributed by atoms with van der Waals surface area (Å²) in [6, 6.07) is 1.87. The molecule has 2 aromatic heterocycles. The maximum atomic E-state index is 12.3. The monoisotopic (exact) mass is 295 g/mol. The van der Waals surface area contributed by atoms with E-state index in [0.717, 1.165) is 29.9 Å². The van der Waals surface area contributed by atoms with Gasteiger partial charge in [-0.1, -0.05) is 6.42 Å². The van der Waals surface area contributed by atoms with Crippen molar-refractivity contribution < 1.29 is 0 Å². The van der Waals surface area contributed by atoms with E-state index < -0.39 is 0 Å². The van der Waals surface area contributed by atoms with Crippen molar-refractivity contribution in [3.05, 3.63) is 26.6 Å². The molecule has 19 heavy (non-hydrogen) atoms. The molecule has 3 heterocycles. The Morgan fingerprint density at radius 2 is 2.05 bits per heavy atom. The molecule has 1 aliphatic heterocycles. The standard InChI is InChI=1S/C13H17N3OS2/c17-12-10-4-9-19-11(10)14-13(18)16(12)8-7-15-5-2-1-3-6-15/h4,9H,1-3,5-8H2,(H,14,18). The molecular formula is C13H17N3OS2. The highest BCUT2D eigenvalue weighted by Crippen LogP contribution is 2.14. The number of nitrogens with one attached hydrogen (secondary N) is 1. The Kier molecular flexibility index (Phi) is 3.81. The molecule has 0 aliphatic carbocycles. The van der Waals surface area contributed by atoms with E-state index in [0.29, 0.717) is 11.3 Å². The highest BCUT2D eigenvalue weighted by atomic mass is 32.1. The summed E-state index contributed by atoms with van der Waals surface area (Å²) in [4.78, 5) is 18.8. The van der Waals surface area contributed by atoms with Crippen molar-refractivity contribution in [2.45, 2.75) is 25.8 Å². The van der Waals surface area contributed by atoms with Crippen LogP contribution in [0.25, 0.3) is 10.2 Å². The third-order valence-electron chi connectivity index (χ3n) is 3.69. The molecule has 0 aromatic carbocycles. The molecule has 0 atom stereocenters. The minimum Gasteiger partial charge on any atom is -0.323 e. The molecule has 6 heteroatoms. The van der Waals surface area contributed by atoms with Crippen LogP contribution in [0.5, 0.6) is 0 Å². The third-order valence-corrected chi connectivity index (χ3v) is 4.85. The number of nitrogens with zero attached hydrogens (tertiary/aromatic N) is 2. The van der Waals surface area contributed by atoms with Crippen molar-refractivity contribution in [3.63, 3.8) is 0 Å². The van der Waals surface area contributed by atoms with E-state index in [4.69, 9.17) is 12.2 Å². The molecule has 0 spiro atoms. The fraction of sp³-hybridized carbons (Fsp3) is 0.538. The molecule has 1 saturated heterocycles. The Morgan fingerprint density at radius 3 is 2.84 bits per heavy atom. The lowest BCUT2D eigenvalue weighted by molar-refractivity contribution is 0.219. The highest BCUT2D eigenvalue weighted by Gasteiger charge is 2.11. The summed E-state index contributed by atoms with van der Waals surface area (Å²) < 4.78 is 2.23. The van der Waals surface area contributed by atoms with Gasteiger partial charge < -0.3 is 9.88 Å². The van der Waals surface area contributed by atoms with Gasteiger partial charge in [0.2, 0.25) is 0 Å². The zero-order valence-corrected chi connectivity index (χ0v) is 12.4. The Bertz CT molecular complexity index is 679. The first-order chi connectivity index (χ1) is 9.25. The van der Waals surface area contributed by atoms with E-state index in [1.165, 1.54) is 30.6 Å². The van der Waals surface area contributed by atoms with Crippen LogP contribution in [0.1, 0.15) is 19.3 Å². The molecule has 0 radical (unpaired) electrons. The van der Waals surface area contributed by atoms with Gasteiger partial charge in [0, 0.05) is 13.1 Å². The molecule has 0 bridgehead atoms. The summed E-state index contributed by atoms with van der Waals surface area (Å²) in [5, 5.41) is 2.67. The molecule has 0 saturated carbocycles. The maximum absolute atomic E-state index is 12.3. The number of piperidine rings is 1. The quantitative estimate of drug-likeness (QED) is 0.885. The molecule has 1 aliphatic rings. The topological polar surface area (TPSA) is 41.0 Å². The number of hydrogen-bond donors (Lipinski definition) is 1. The Balaban J connectivity index is 1.83. The Morgan fingerprint density at radius 1 is 1.26 bits per heavy atom. The minimum absolute atomic E-state index is 0.0389. The van der Waals surface area contributed by atoms with Gasteiger partial charge in [-0.15, -0.1) is 11.3 Å². The molecule has 1 fully saturated rings. The number of hydrogen-bond acceptors (Lipinski definition) is 4. The zero-order valence-electron chi connectivity index (χ0n) is 10.7. The van der Waals surface area contributed by atoms with Gasteiger partial charge in [-0.3, -0.25) is 9.36 Å². The summed E-state index contributed by atoms with van der Waals surface area (Å²) in [7, 11) is 0. The van der Waals surface area contributed by atoms with Crippen molar-refractivity contribution in [1.82, 2.24) is 14.5 Å². The third kappa shape index (κ3) is 2.66. The Labute approximate surface area is 120 Å². The molecule has 2 aromatic rings. The largest absolute Gasteiger partial charge is 0.323 e. The smallest absolute Gasteiger partial charge is 0.263 e. The number of aromatic nitrogens is 2. The van der Waals surface area contributed by atoms with E-state index >= 15 is 0 Å². The number of fused-ring (bicyclic) bond motifs is 1. The lowest BCUT2D eigenvalue weighted by atomic mass is 10.1. The first-order valence-corrected chi connectivity index (χ1v) is 7.97. The van der Waals surface area contributed by atoms with Crippen LogP contribution in [-0.2, 0) is 6.54 Å². The molecule has 0 amide bonds. The van der Waals surface area contributed by atoms with Crippen LogP contribution in [0.15, 0.2) is 16.2 Å². The lowest BCUT2D eigenvalue weighted by Gasteiger charge is -2.26. The van der Waals surface area contributed by atoms with Crippen LogP contribution in [0.2, 0.25) is 0 Å². The van der Waals surface area contributed by atoms with Crippen LogP contribution >= 0.6 is 23.6 Å². The summed E-state index contributed by atoms with van der Waals surface area (Å²) in [5.74, 6) is 0. The zero-order chi connectivity index (χ0) is 13.2. The SMILES string of the molecule is O=c1c2ccsc2[nH]c(=S)n1CCN1CCCCC1. The van der Waals surface area contributed by atoms with Gasteiger partial charge in [-0.05, 0) is 49.6 Å². The van der Waals surface area contributed by atoms with E-state index in [1.807, 2.05) is 11.4 Å². The first-order valence-electron chi connectivity index (χ1n) is 6.68. The number of likely N-dealkylation sites (tertiary alicyclic amines) is 1. The molecule has 102 valence electrons. The van der Waals surface area contributed by atoms with Gasteiger partial charge in [0.1, 0.15) is 4.83 Å². The normalized spacial score (nSPS) is 17.1. The lowest BCUT2D eigenvalue weighted by Crippen LogP contribution is -2.35. The van der Waals surface area contributed by atoms with Crippen LogP contribution in [0.4, 0.5) is 0 Å². The van der Waals surface area contributed by atoms with Gasteiger partial charge in [-0.2, -0.15) is 0 Å². The van der Waals surface area contributed by atoms with Gasteiger partial charge in [0.25, 0.3) is 5.56 Å². The van der Waals surface area contributed by atoms with Crippen LogP contribution in [0, 0.1) is 4.77 Å². The Hall–Kier alpha value is -0.980. The average Bonchev–Trinajstić information content (AvgIpc) is 2.88. The van der Waals surface area contributed by atoms with E-state index in [9.17, 15) is 4.79 Å². The van der Waals surface area contributed by atoms with Crippen LogP contribution < -0.4 is 5.56 Å². The van der Waals surface area contributed by atoms with Gasteiger partial charge in [-0.25, -0.2) is 0 Å². The molecule has 0 unspecified atom stereocenters. The summed E-state index contributed by atoms with van der Waals surface area (Å²) in [6.45, 7) is 3.88. The predicted octanol–water partition coefficient (Wildman–Crippen LogP) is 2.61. The number of H-pyrrole nitrogens is 1. The predicted molar refractivity (Wildman–Crippen MR) is 81.6 cm³/mol. The fourth-order valence-corrected chi connectivity index (χ4v) is 3.72. The van der Waals surface area contributed by atoms with Crippen molar-refractivity contribution in [2.24, 2.45) is 0 Å². The van der Waals surface area contributed by atoms with E-state index in [2.05, 4.69) is 9.88 Å². The number of aromatic amines is 1. The molecule has 1 N–H and O–H groups in total. The molecule has 4 nitrogen and oxygen atoms in total. The van der Waals surface area contributed by atoms with Gasteiger partial charge in [0.05, 0.1) is 5.39 Å². The van der Waals surface area contributed by atoms with E-state index in [1.54, 1.807) is 4.57 Å². The van der Waals surface area contributed by atoms with Crippen molar-refractivity contribution >= 4 is 33.8 Å². The van der Waals surface area contributed by atoms with Crippen LogP contribution in [-0.4, -0.2) is 34.1 Å². The van der Waals surface area contributed by atoms with Gasteiger partial charge in [0.15, 0.2) is 4.77 Å². The van der Waals surface area contributed by atoms with Crippen molar-refractivity contribution in [1.29, 1.82) is 0 Å². The second-order valence-corrected chi connectivity index (χ2v) is 6.26. The van der Waals surface area contributed by atoms with E-state index in [-0.39, 0.29) is 5.56 Å². The first kappa shape index (κ1) is 13.0. The summed E-state index contributed by atoms with van der Waals surface area (Å²) in [6.07, 6.45) is 3.87. The second-order valence-electron chi connectivity index (χ2n) is 4.95. The molecular weight excluding hydrogens is 278 g/mol. The van der Waals surface area contributed by atoms with Crippen molar-refractivity contribution in [3.8, 4) is 0 Å². The number of rotatable bonds is 3. The van der Waals surface area contributed by atoms with Crippen molar-refractivity contribution in [2.75, 3.05) is 19.6 Å². The highest BCUT2D eigenvalue weighted by molar-refractivity contribution is 7.71.